The summed E-state index contributed by atoms with van der Waals surface area (Å²) in [5, 5.41) is 8.91. The zero-order valence-corrected chi connectivity index (χ0v) is 8.91. The van der Waals surface area contributed by atoms with E-state index in [0.717, 1.165) is 12.8 Å². The molecule has 1 N–H and O–H groups in total. The van der Waals surface area contributed by atoms with Crippen molar-refractivity contribution in [2.75, 3.05) is 6.54 Å². The zero-order valence-electron chi connectivity index (χ0n) is 8.91. The highest BCUT2D eigenvalue weighted by Gasteiger charge is 2.43. The van der Waals surface area contributed by atoms with E-state index in [1.54, 1.807) is 4.90 Å². The van der Waals surface area contributed by atoms with E-state index in [2.05, 4.69) is 0 Å². The van der Waals surface area contributed by atoms with Gasteiger partial charge in [0.15, 0.2) is 0 Å². The number of amides is 1. The van der Waals surface area contributed by atoms with E-state index in [-0.39, 0.29) is 11.9 Å². The van der Waals surface area contributed by atoms with Crippen molar-refractivity contribution in [1.29, 1.82) is 0 Å². The molecule has 0 aromatic rings. The fraction of sp³-hybridized carbons (Fsp3) is 0.800. The van der Waals surface area contributed by atoms with Crippen LogP contribution in [0.3, 0.4) is 0 Å². The Balaban J connectivity index is 2.75. The Morgan fingerprint density at radius 2 is 1.93 bits per heavy atom. The number of carbonyl (C=O) groups is 2. The van der Waals surface area contributed by atoms with Crippen LogP contribution in [-0.4, -0.2) is 34.5 Å². The molecular formula is C10H17NO3. The van der Waals surface area contributed by atoms with Crippen LogP contribution in [0.5, 0.6) is 0 Å². The fourth-order valence-corrected chi connectivity index (χ4v) is 1.40. The van der Waals surface area contributed by atoms with Crippen LogP contribution >= 0.6 is 0 Å². The number of hydrogen-bond donors (Lipinski definition) is 1. The third-order valence-electron chi connectivity index (χ3n) is 2.66. The van der Waals surface area contributed by atoms with Crippen LogP contribution in [-0.2, 0) is 9.59 Å². The van der Waals surface area contributed by atoms with Crippen LogP contribution in [0.4, 0.5) is 0 Å². The monoisotopic (exact) mass is 199 g/mol. The van der Waals surface area contributed by atoms with Crippen LogP contribution in [0.15, 0.2) is 0 Å². The third-order valence-corrected chi connectivity index (χ3v) is 2.66. The highest BCUT2D eigenvalue weighted by molar-refractivity contribution is 6.01. The maximum absolute atomic E-state index is 11.9. The summed E-state index contributed by atoms with van der Waals surface area (Å²) in [4.78, 5) is 24.4. The summed E-state index contributed by atoms with van der Waals surface area (Å²) in [6.45, 7) is 5.40. The second kappa shape index (κ2) is 3.59. The first-order valence-electron chi connectivity index (χ1n) is 4.95. The van der Waals surface area contributed by atoms with Gasteiger partial charge in [-0.1, -0.05) is 0 Å². The van der Waals surface area contributed by atoms with Gasteiger partial charge in [0.25, 0.3) is 0 Å². The standard InChI is InChI=1S/C10H17NO3/c1-4-11(7-5-6-7)8(12)10(2,3)9(13)14/h7H,4-6H2,1-3H3,(H,13,14). The van der Waals surface area contributed by atoms with Crippen LogP contribution in [0.25, 0.3) is 0 Å². The molecule has 4 nitrogen and oxygen atoms in total. The Morgan fingerprint density at radius 3 is 2.21 bits per heavy atom. The molecule has 1 rings (SSSR count). The quantitative estimate of drug-likeness (QED) is 0.690. The first-order valence-corrected chi connectivity index (χ1v) is 4.95. The van der Waals surface area contributed by atoms with E-state index in [0.29, 0.717) is 6.54 Å². The van der Waals surface area contributed by atoms with Crippen molar-refractivity contribution < 1.29 is 14.7 Å². The van der Waals surface area contributed by atoms with Crippen LogP contribution in [0.1, 0.15) is 33.6 Å². The van der Waals surface area contributed by atoms with Gasteiger partial charge in [0.2, 0.25) is 5.91 Å². The first-order chi connectivity index (χ1) is 6.41. The van der Waals surface area contributed by atoms with Crippen molar-refractivity contribution in [3.8, 4) is 0 Å². The van der Waals surface area contributed by atoms with Gasteiger partial charge in [0.05, 0.1) is 0 Å². The summed E-state index contributed by atoms with van der Waals surface area (Å²) >= 11 is 0. The molecule has 0 saturated heterocycles. The van der Waals surface area contributed by atoms with E-state index >= 15 is 0 Å². The lowest BCUT2D eigenvalue weighted by Crippen LogP contribution is -2.46. The smallest absolute Gasteiger partial charge is 0.318 e. The highest BCUT2D eigenvalue weighted by atomic mass is 16.4. The SMILES string of the molecule is CCN(C(=O)C(C)(C)C(=O)O)C1CC1. The Kier molecular flexibility index (Phi) is 2.83. The second-order valence-corrected chi connectivity index (χ2v) is 4.25. The molecule has 1 aliphatic carbocycles. The van der Waals surface area contributed by atoms with Crippen molar-refractivity contribution in [1.82, 2.24) is 4.90 Å². The van der Waals surface area contributed by atoms with Crippen LogP contribution in [0, 0.1) is 5.41 Å². The molecule has 0 heterocycles. The van der Waals surface area contributed by atoms with Crippen molar-refractivity contribution in [2.45, 2.75) is 39.7 Å². The maximum Gasteiger partial charge on any atom is 0.318 e. The van der Waals surface area contributed by atoms with Gasteiger partial charge in [-0.15, -0.1) is 0 Å². The zero-order chi connectivity index (χ0) is 10.9. The summed E-state index contributed by atoms with van der Waals surface area (Å²) in [5.74, 6) is -1.32. The molecule has 0 radical (unpaired) electrons. The molecule has 0 spiro atoms. The van der Waals surface area contributed by atoms with Gasteiger partial charge in [-0.2, -0.15) is 0 Å². The lowest BCUT2D eigenvalue weighted by atomic mass is 9.92. The van der Waals surface area contributed by atoms with E-state index in [1.165, 1.54) is 13.8 Å². The van der Waals surface area contributed by atoms with Crippen molar-refractivity contribution in [3.63, 3.8) is 0 Å². The summed E-state index contributed by atoms with van der Waals surface area (Å²) in [5.41, 5.74) is -1.29. The molecule has 0 bridgehead atoms. The number of carbonyl (C=O) groups excluding carboxylic acids is 1. The van der Waals surface area contributed by atoms with E-state index in [9.17, 15) is 9.59 Å². The Hall–Kier alpha value is -1.06. The molecular weight excluding hydrogens is 182 g/mol. The molecule has 0 aromatic carbocycles. The molecule has 0 atom stereocenters. The predicted octanol–water partition coefficient (Wildman–Crippen LogP) is 1.11. The number of carboxylic acids is 1. The van der Waals surface area contributed by atoms with E-state index in [4.69, 9.17) is 5.11 Å². The lowest BCUT2D eigenvalue weighted by molar-refractivity contribution is -0.158. The summed E-state index contributed by atoms with van der Waals surface area (Å²) in [7, 11) is 0. The molecule has 1 fully saturated rings. The fourth-order valence-electron chi connectivity index (χ4n) is 1.40. The van der Waals surface area contributed by atoms with Gasteiger partial charge in [-0.25, -0.2) is 0 Å². The van der Waals surface area contributed by atoms with Crippen molar-refractivity contribution >= 4 is 11.9 Å². The second-order valence-electron chi connectivity index (χ2n) is 4.25. The number of aliphatic carboxylic acids is 1. The summed E-state index contributed by atoms with van der Waals surface area (Å²) in [6, 6.07) is 0.283. The highest BCUT2D eigenvalue weighted by Crippen LogP contribution is 2.30. The van der Waals surface area contributed by atoms with E-state index < -0.39 is 11.4 Å². The molecule has 4 heteroatoms. The molecule has 1 saturated carbocycles. The summed E-state index contributed by atoms with van der Waals surface area (Å²) in [6.07, 6.45) is 2.02. The van der Waals surface area contributed by atoms with Crippen LogP contribution < -0.4 is 0 Å². The average molecular weight is 199 g/mol. The minimum absolute atomic E-state index is 0.269. The normalized spacial score (nSPS) is 16.5. The Labute approximate surface area is 83.9 Å². The molecule has 0 unspecified atom stereocenters. The molecule has 0 aromatic heterocycles. The third kappa shape index (κ3) is 1.89. The Bertz CT molecular complexity index is 256. The minimum Gasteiger partial charge on any atom is -0.480 e. The molecule has 1 aliphatic rings. The lowest BCUT2D eigenvalue weighted by Gasteiger charge is -2.28. The minimum atomic E-state index is -1.29. The number of rotatable bonds is 4. The topological polar surface area (TPSA) is 57.6 Å². The largest absolute Gasteiger partial charge is 0.480 e. The average Bonchev–Trinajstić information content (AvgIpc) is 2.89. The van der Waals surface area contributed by atoms with Crippen molar-refractivity contribution in [3.05, 3.63) is 0 Å². The van der Waals surface area contributed by atoms with Gasteiger partial charge in [0.1, 0.15) is 5.41 Å². The van der Waals surface area contributed by atoms with Gasteiger partial charge in [0, 0.05) is 12.6 Å². The molecule has 80 valence electrons. The first kappa shape index (κ1) is 11.0. The van der Waals surface area contributed by atoms with Gasteiger partial charge >= 0.3 is 5.97 Å². The number of nitrogens with zero attached hydrogens (tertiary/aromatic N) is 1. The van der Waals surface area contributed by atoms with Gasteiger partial charge in [-0.05, 0) is 33.6 Å². The number of carboxylic acid groups (broad SMARTS) is 1. The molecule has 0 aliphatic heterocycles. The van der Waals surface area contributed by atoms with Crippen LogP contribution in [0.2, 0.25) is 0 Å². The van der Waals surface area contributed by atoms with Gasteiger partial charge in [-0.3, -0.25) is 9.59 Å². The predicted molar refractivity (Wildman–Crippen MR) is 51.8 cm³/mol. The molecule has 14 heavy (non-hydrogen) atoms. The maximum atomic E-state index is 11.9. The van der Waals surface area contributed by atoms with Gasteiger partial charge < -0.3 is 10.0 Å². The molecule has 1 amide bonds. The van der Waals surface area contributed by atoms with E-state index in [1.807, 2.05) is 6.92 Å². The Morgan fingerprint density at radius 1 is 1.43 bits per heavy atom. The summed E-state index contributed by atoms with van der Waals surface area (Å²) < 4.78 is 0. The van der Waals surface area contributed by atoms with Crippen molar-refractivity contribution in [2.24, 2.45) is 5.41 Å². The number of hydrogen-bond acceptors (Lipinski definition) is 2.